The second-order valence-corrected chi connectivity index (χ2v) is 5.95. The molecule has 1 aliphatic rings. The molecule has 22 heavy (non-hydrogen) atoms. The third-order valence-corrected chi connectivity index (χ3v) is 4.74. The Kier molecular flexibility index (Phi) is 3.60. The van der Waals surface area contributed by atoms with Crippen LogP contribution in [0.1, 0.15) is 36.7 Å². The van der Waals surface area contributed by atoms with E-state index in [1.54, 1.807) is 4.90 Å². The van der Waals surface area contributed by atoms with Crippen LogP contribution >= 0.6 is 0 Å². The zero-order valence-corrected chi connectivity index (χ0v) is 12.6. The van der Waals surface area contributed by atoms with Gasteiger partial charge >= 0.3 is 0 Å². The van der Waals surface area contributed by atoms with E-state index in [2.05, 4.69) is 10.2 Å². The van der Waals surface area contributed by atoms with Crippen molar-refractivity contribution in [3.8, 4) is 0 Å². The molecule has 0 aliphatic carbocycles. The molecule has 1 aliphatic heterocycles. The maximum Gasteiger partial charge on any atom is 0.275 e. The maximum atomic E-state index is 12.8. The van der Waals surface area contributed by atoms with Crippen LogP contribution in [-0.4, -0.2) is 40.0 Å². The molecule has 1 saturated heterocycles. The van der Waals surface area contributed by atoms with Crippen molar-refractivity contribution in [3.05, 3.63) is 30.0 Å². The van der Waals surface area contributed by atoms with E-state index < -0.39 is 5.41 Å². The SMILES string of the molecule is CCC1(C(N)=O)CCCN(C(=O)c2n[nH]c3ccccc23)C1. The number of hydrogen-bond acceptors (Lipinski definition) is 3. The standard InChI is InChI=1S/C16H20N4O2/c1-2-16(15(17)22)8-5-9-20(10-16)14(21)13-11-6-3-4-7-12(11)18-19-13/h3-4,6-7H,2,5,8-10H2,1H3,(H2,17,22)(H,18,19). The molecule has 6 heteroatoms. The van der Waals surface area contributed by atoms with E-state index in [1.807, 2.05) is 31.2 Å². The third-order valence-electron chi connectivity index (χ3n) is 4.74. The van der Waals surface area contributed by atoms with Crippen LogP contribution in [-0.2, 0) is 4.79 Å². The summed E-state index contributed by atoms with van der Waals surface area (Å²) in [5.41, 5.74) is 6.22. The summed E-state index contributed by atoms with van der Waals surface area (Å²) < 4.78 is 0. The maximum absolute atomic E-state index is 12.8. The number of nitrogens with zero attached hydrogens (tertiary/aromatic N) is 2. The van der Waals surface area contributed by atoms with E-state index in [1.165, 1.54) is 0 Å². The van der Waals surface area contributed by atoms with Crippen molar-refractivity contribution in [3.63, 3.8) is 0 Å². The number of benzene rings is 1. The van der Waals surface area contributed by atoms with Crippen molar-refractivity contribution < 1.29 is 9.59 Å². The van der Waals surface area contributed by atoms with Gasteiger partial charge in [-0.3, -0.25) is 14.7 Å². The van der Waals surface area contributed by atoms with Crippen LogP contribution < -0.4 is 5.73 Å². The minimum absolute atomic E-state index is 0.142. The molecule has 1 atom stereocenters. The zero-order chi connectivity index (χ0) is 15.7. The van der Waals surface area contributed by atoms with Gasteiger partial charge in [0.1, 0.15) is 0 Å². The molecule has 0 bridgehead atoms. The lowest BCUT2D eigenvalue weighted by atomic mass is 9.77. The van der Waals surface area contributed by atoms with Gasteiger partial charge in [-0.2, -0.15) is 5.10 Å². The van der Waals surface area contributed by atoms with E-state index in [4.69, 9.17) is 5.73 Å². The molecular weight excluding hydrogens is 280 g/mol. The fourth-order valence-corrected chi connectivity index (χ4v) is 3.25. The van der Waals surface area contributed by atoms with Crippen molar-refractivity contribution in [1.29, 1.82) is 0 Å². The number of amides is 2. The normalized spacial score (nSPS) is 22.0. The molecule has 1 aromatic carbocycles. The number of fused-ring (bicyclic) bond motifs is 1. The number of carbonyl (C=O) groups excluding carboxylic acids is 2. The Morgan fingerprint density at radius 3 is 2.91 bits per heavy atom. The molecule has 116 valence electrons. The van der Waals surface area contributed by atoms with Crippen LogP contribution in [0.25, 0.3) is 10.9 Å². The van der Waals surface area contributed by atoms with Gasteiger partial charge in [0, 0.05) is 18.5 Å². The number of nitrogens with one attached hydrogen (secondary N) is 1. The summed E-state index contributed by atoms with van der Waals surface area (Å²) in [5.74, 6) is -0.462. The van der Waals surface area contributed by atoms with Gasteiger partial charge < -0.3 is 10.6 Å². The van der Waals surface area contributed by atoms with Gasteiger partial charge in [0.05, 0.1) is 10.9 Å². The van der Waals surface area contributed by atoms with Gasteiger partial charge in [0.25, 0.3) is 5.91 Å². The Labute approximate surface area is 128 Å². The second-order valence-electron chi connectivity index (χ2n) is 5.95. The highest BCUT2D eigenvalue weighted by Crippen LogP contribution is 2.34. The summed E-state index contributed by atoms with van der Waals surface area (Å²) in [6.45, 7) is 2.95. The Morgan fingerprint density at radius 1 is 1.41 bits per heavy atom. The predicted octanol–water partition coefficient (Wildman–Crippen LogP) is 1.68. The highest BCUT2D eigenvalue weighted by molar-refractivity contribution is 6.04. The first-order valence-electron chi connectivity index (χ1n) is 7.60. The first-order valence-corrected chi connectivity index (χ1v) is 7.60. The Hall–Kier alpha value is -2.37. The number of carbonyl (C=O) groups is 2. The molecule has 3 N–H and O–H groups in total. The molecule has 0 radical (unpaired) electrons. The molecule has 1 fully saturated rings. The van der Waals surface area contributed by atoms with E-state index in [-0.39, 0.29) is 11.8 Å². The van der Waals surface area contributed by atoms with Crippen molar-refractivity contribution in [1.82, 2.24) is 15.1 Å². The fraction of sp³-hybridized carbons (Fsp3) is 0.438. The molecular formula is C16H20N4O2. The lowest BCUT2D eigenvalue weighted by Crippen LogP contribution is -2.52. The Morgan fingerprint density at radius 2 is 2.18 bits per heavy atom. The topological polar surface area (TPSA) is 92.1 Å². The zero-order valence-electron chi connectivity index (χ0n) is 12.6. The quantitative estimate of drug-likeness (QED) is 0.903. The Bertz CT molecular complexity index is 724. The molecule has 0 saturated carbocycles. The number of H-pyrrole nitrogens is 1. The van der Waals surface area contributed by atoms with Crippen LogP contribution in [0.4, 0.5) is 0 Å². The number of primary amides is 1. The van der Waals surface area contributed by atoms with Crippen molar-refractivity contribution in [2.24, 2.45) is 11.1 Å². The lowest BCUT2D eigenvalue weighted by molar-refractivity contribution is -0.130. The average Bonchev–Trinajstić information content (AvgIpc) is 2.98. The first kappa shape index (κ1) is 14.6. The number of likely N-dealkylation sites (tertiary alicyclic amines) is 1. The minimum atomic E-state index is -0.611. The summed E-state index contributed by atoms with van der Waals surface area (Å²) >= 11 is 0. The van der Waals surface area contributed by atoms with E-state index in [0.29, 0.717) is 25.2 Å². The summed E-state index contributed by atoms with van der Waals surface area (Å²) in [7, 11) is 0. The van der Waals surface area contributed by atoms with Crippen LogP contribution in [0.3, 0.4) is 0 Å². The lowest BCUT2D eigenvalue weighted by Gasteiger charge is -2.40. The molecule has 1 unspecified atom stereocenters. The number of aromatic amines is 1. The third kappa shape index (κ3) is 2.24. The monoisotopic (exact) mass is 300 g/mol. The van der Waals surface area contributed by atoms with Crippen LogP contribution in [0.5, 0.6) is 0 Å². The minimum Gasteiger partial charge on any atom is -0.369 e. The average molecular weight is 300 g/mol. The van der Waals surface area contributed by atoms with Crippen molar-refractivity contribution in [2.45, 2.75) is 26.2 Å². The molecule has 2 aromatic rings. The van der Waals surface area contributed by atoms with Crippen LogP contribution in [0.15, 0.2) is 24.3 Å². The number of nitrogens with two attached hydrogens (primary N) is 1. The smallest absolute Gasteiger partial charge is 0.275 e. The molecule has 3 rings (SSSR count). The first-order chi connectivity index (χ1) is 10.6. The second kappa shape index (κ2) is 5.44. The number of para-hydroxylation sites is 1. The fourth-order valence-electron chi connectivity index (χ4n) is 3.25. The van der Waals surface area contributed by atoms with Crippen LogP contribution in [0, 0.1) is 5.41 Å². The molecule has 6 nitrogen and oxygen atoms in total. The van der Waals surface area contributed by atoms with Gasteiger partial charge in [-0.05, 0) is 25.3 Å². The van der Waals surface area contributed by atoms with Crippen molar-refractivity contribution in [2.75, 3.05) is 13.1 Å². The van der Waals surface area contributed by atoms with Gasteiger partial charge in [0.2, 0.25) is 5.91 Å². The highest BCUT2D eigenvalue weighted by Gasteiger charge is 2.41. The molecule has 2 amide bonds. The Balaban J connectivity index is 1.90. The molecule has 2 heterocycles. The van der Waals surface area contributed by atoms with Crippen LogP contribution in [0.2, 0.25) is 0 Å². The number of hydrogen-bond donors (Lipinski definition) is 2. The summed E-state index contributed by atoms with van der Waals surface area (Å²) in [5, 5.41) is 7.84. The number of piperidine rings is 1. The van der Waals surface area contributed by atoms with E-state index in [0.717, 1.165) is 23.7 Å². The van der Waals surface area contributed by atoms with Gasteiger partial charge in [-0.1, -0.05) is 25.1 Å². The summed E-state index contributed by atoms with van der Waals surface area (Å²) in [4.78, 5) is 26.3. The largest absolute Gasteiger partial charge is 0.369 e. The molecule has 1 aromatic heterocycles. The number of aromatic nitrogens is 2. The summed E-state index contributed by atoms with van der Waals surface area (Å²) in [6, 6.07) is 7.53. The van der Waals surface area contributed by atoms with Gasteiger partial charge in [-0.25, -0.2) is 0 Å². The van der Waals surface area contributed by atoms with Gasteiger partial charge in [0.15, 0.2) is 5.69 Å². The molecule has 0 spiro atoms. The van der Waals surface area contributed by atoms with Gasteiger partial charge in [-0.15, -0.1) is 0 Å². The number of rotatable bonds is 3. The highest BCUT2D eigenvalue weighted by atomic mass is 16.2. The van der Waals surface area contributed by atoms with E-state index in [9.17, 15) is 9.59 Å². The predicted molar refractivity (Wildman–Crippen MR) is 83.1 cm³/mol. The van der Waals surface area contributed by atoms with Crippen molar-refractivity contribution >= 4 is 22.7 Å². The van der Waals surface area contributed by atoms with E-state index >= 15 is 0 Å². The summed E-state index contributed by atoms with van der Waals surface area (Å²) in [6.07, 6.45) is 2.17.